The Morgan fingerprint density at radius 1 is 1.19 bits per heavy atom. The van der Waals surface area contributed by atoms with Gasteiger partial charge in [0.2, 0.25) is 0 Å². The molecule has 0 aromatic carbocycles. The molecule has 144 valence electrons. The maximum absolute atomic E-state index is 12.9. The highest BCUT2D eigenvalue weighted by Crippen LogP contribution is 2.28. The maximum atomic E-state index is 12.9. The Labute approximate surface area is 155 Å². The summed E-state index contributed by atoms with van der Waals surface area (Å²) in [5.41, 5.74) is 2.38. The fourth-order valence-corrected chi connectivity index (χ4v) is 5.01. The third kappa shape index (κ3) is 3.67. The molecule has 3 aliphatic rings. The minimum Gasteiger partial charge on any atom is -0.379 e. The van der Waals surface area contributed by atoms with Gasteiger partial charge in [-0.3, -0.25) is 9.89 Å². The van der Waals surface area contributed by atoms with E-state index in [-0.39, 0.29) is 5.91 Å². The molecular formula is C20H32N4O2. The van der Waals surface area contributed by atoms with Crippen LogP contribution >= 0.6 is 0 Å². The molecule has 0 bridgehead atoms. The molecule has 1 unspecified atom stereocenters. The van der Waals surface area contributed by atoms with Crippen LogP contribution in [0.15, 0.2) is 0 Å². The number of rotatable bonds is 6. The van der Waals surface area contributed by atoms with Crippen molar-refractivity contribution in [2.45, 2.75) is 76.4 Å². The Morgan fingerprint density at radius 2 is 2.04 bits per heavy atom. The highest BCUT2D eigenvalue weighted by Gasteiger charge is 2.42. The molecule has 1 saturated heterocycles. The number of aromatic amines is 1. The van der Waals surface area contributed by atoms with Crippen molar-refractivity contribution < 1.29 is 9.90 Å². The number of nitrogens with one attached hydrogen (secondary N) is 2. The number of fused-ring (bicyclic) bond motifs is 1. The van der Waals surface area contributed by atoms with Crippen LogP contribution in [0.4, 0.5) is 0 Å². The van der Waals surface area contributed by atoms with Crippen LogP contribution in [-0.2, 0) is 24.2 Å². The summed E-state index contributed by atoms with van der Waals surface area (Å²) in [5.74, 6) is 0.545. The molecule has 4 rings (SSSR count). The van der Waals surface area contributed by atoms with Gasteiger partial charge in [-0.2, -0.15) is 5.10 Å². The van der Waals surface area contributed by atoms with Gasteiger partial charge in [-0.15, -0.1) is 0 Å². The number of hydrogen-bond acceptors (Lipinski definition) is 4. The van der Waals surface area contributed by atoms with Crippen LogP contribution in [0, 0.1) is 5.92 Å². The van der Waals surface area contributed by atoms with Crippen molar-refractivity contribution in [2.24, 2.45) is 5.92 Å². The van der Waals surface area contributed by atoms with Crippen LogP contribution < -0.4 is 5.32 Å². The lowest BCUT2D eigenvalue weighted by Gasteiger charge is -2.40. The van der Waals surface area contributed by atoms with E-state index in [9.17, 15) is 9.90 Å². The van der Waals surface area contributed by atoms with Crippen molar-refractivity contribution in [3.8, 4) is 0 Å². The lowest BCUT2D eigenvalue weighted by atomic mass is 9.86. The van der Waals surface area contributed by atoms with Gasteiger partial charge in [0.15, 0.2) is 5.60 Å². The Hall–Kier alpha value is -1.40. The fourth-order valence-electron chi connectivity index (χ4n) is 5.01. The third-order valence-corrected chi connectivity index (χ3v) is 6.51. The molecule has 6 nitrogen and oxygen atoms in total. The van der Waals surface area contributed by atoms with E-state index in [0.29, 0.717) is 25.4 Å². The van der Waals surface area contributed by atoms with Crippen molar-refractivity contribution >= 4 is 5.91 Å². The number of aryl methyl sites for hydroxylation is 1. The molecule has 1 saturated carbocycles. The molecule has 1 amide bonds. The summed E-state index contributed by atoms with van der Waals surface area (Å²) in [6.07, 6.45) is 11.1. The number of aliphatic hydroxyl groups is 1. The number of amides is 1. The number of aromatic nitrogens is 2. The summed E-state index contributed by atoms with van der Waals surface area (Å²) < 4.78 is 0. The molecule has 2 fully saturated rings. The quantitative estimate of drug-likeness (QED) is 0.724. The largest absolute Gasteiger partial charge is 0.379 e. The number of carbonyl (C=O) groups excluding carboxylic acids is 1. The van der Waals surface area contributed by atoms with Crippen LogP contribution in [-0.4, -0.2) is 51.3 Å². The van der Waals surface area contributed by atoms with Crippen molar-refractivity contribution in [1.82, 2.24) is 20.4 Å². The molecule has 26 heavy (non-hydrogen) atoms. The topological polar surface area (TPSA) is 81.2 Å². The molecule has 6 heteroatoms. The van der Waals surface area contributed by atoms with Crippen molar-refractivity contribution in [2.75, 3.05) is 19.6 Å². The zero-order chi connectivity index (χ0) is 18.0. The zero-order valence-corrected chi connectivity index (χ0v) is 15.7. The molecule has 0 spiro atoms. The first kappa shape index (κ1) is 18.0. The summed E-state index contributed by atoms with van der Waals surface area (Å²) in [5, 5.41) is 21.8. The zero-order valence-electron chi connectivity index (χ0n) is 15.7. The van der Waals surface area contributed by atoms with Gasteiger partial charge in [0.05, 0.1) is 5.69 Å². The summed E-state index contributed by atoms with van der Waals surface area (Å²) in [7, 11) is 0. The summed E-state index contributed by atoms with van der Waals surface area (Å²) in [4.78, 5) is 14.8. The highest BCUT2D eigenvalue weighted by molar-refractivity contribution is 5.86. The van der Waals surface area contributed by atoms with Gasteiger partial charge in [0.1, 0.15) is 0 Å². The summed E-state index contributed by atoms with van der Waals surface area (Å²) in [6, 6.07) is 0. The normalized spacial score (nSPS) is 27.1. The Kier molecular flexibility index (Phi) is 5.32. The van der Waals surface area contributed by atoms with Crippen LogP contribution in [0.25, 0.3) is 0 Å². The Balaban J connectivity index is 1.31. The molecule has 1 aromatic heterocycles. The van der Waals surface area contributed by atoms with Gasteiger partial charge in [0.25, 0.3) is 5.91 Å². The highest BCUT2D eigenvalue weighted by atomic mass is 16.3. The number of H-pyrrole nitrogens is 1. The third-order valence-electron chi connectivity index (χ3n) is 6.51. The van der Waals surface area contributed by atoms with Crippen LogP contribution in [0.5, 0.6) is 0 Å². The predicted molar refractivity (Wildman–Crippen MR) is 99.7 cm³/mol. The van der Waals surface area contributed by atoms with Crippen LogP contribution in [0.3, 0.4) is 0 Å². The SMILES string of the molecule is O=C1N(CC2CCCCC2)CCCC1(O)CNCc1n[nH]c2c1CCC2. The molecule has 0 radical (unpaired) electrons. The lowest BCUT2D eigenvalue weighted by molar-refractivity contribution is -0.157. The molecule has 3 N–H and O–H groups in total. The second kappa shape index (κ2) is 7.69. The van der Waals surface area contributed by atoms with Gasteiger partial charge >= 0.3 is 0 Å². The lowest BCUT2D eigenvalue weighted by Crippen LogP contribution is -2.58. The first-order chi connectivity index (χ1) is 12.7. The predicted octanol–water partition coefficient (Wildman–Crippen LogP) is 1.92. The van der Waals surface area contributed by atoms with Crippen molar-refractivity contribution in [3.05, 3.63) is 17.0 Å². The second-order valence-electron chi connectivity index (χ2n) is 8.47. The van der Waals surface area contributed by atoms with Crippen LogP contribution in [0.1, 0.15) is 68.3 Å². The molecule has 1 atom stereocenters. The summed E-state index contributed by atoms with van der Waals surface area (Å²) in [6.45, 7) is 2.55. The molecule has 1 aliphatic heterocycles. The monoisotopic (exact) mass is 360 g/mol. The average molecular weight is 361 g/mol. The van der Waals surface area contributed by atoms with Gasteiger partial charge in [0, 0.05) is 31.9 Å². The van der Waals surface area contributed by atoms with E-state index in [1.807, 2.05) is 4.90 Å². The molecule has 2 aliphatic carbocycles. The van der Waals surface area contributed by atoms with Gasteiger partial charge in [-0.05, 0) is 56.4 Å². The average Bonchev–Trinajstić information content (AvgIpc) is 3.25. The summed E-state index contributed by atoms with van der Waals surface area (Å²) >= 11 is 0. The number of likely N-dealkylation sites (tertiary alicyclic amines) is 1. The smallest absolute Gasteiger partial charge is 0.255 e. The van der Waals surface area contributed by atoms with E-state index in [1.54, 1.807) is 0 Å². The van der Waals surface area contributed by atoms with Crippen molar-refractivity contribution in [3.63, 3.8) is 0 Å². The molecular weight excluding hydrogens is 328 g/mol. The van der Waals surface area contributed by atoms with Gasteiger partial charge in [-0.1, -0.05) is 19.3 Å². The van der Waals surface area contributed by atoms with E-state index >= 15 is 0 Å². The minimum atomic E-state index is -1.26. The first-order valence-corrected chi connectivity index (χ1v) is 10.4. The van der Waals surface area contributed by atoms with Gasteiger partial charge in [-0.25, -0.2) is 0 Å². The van der Waals surface area contributed by atoms with Crippen molar-refractivity contribution in [1.29, 1.82) is 0 Å². The number of piperidine rings is 1. The number of carbonyl (C=O) groups is 1. The van der Waals surface area contributed by atoms with Gasteiger partial charge < -0.3 is 15.3 Å². The van der Waals surface area contributed by atoms with E-state index in [4.69, 9.17) is 0 Å². The molecule has 1 aromatic rings. The maximum Gasteiger partial charge on any atom is 0.255 e. The second-order valence-corrected chi connectivity index (χ2v) is 8.47. The van der Waals surface area contributed by atoms with E-state index in [2.05, 4.69) is 15.5 Å². The number of hydrogen-bond donors (Lipinski definition) is 3. The Bertz CT molecular complexity index is 638. The molecule has 2 heterocycles. The van der Waals surface area contributed by atoms with E-state index in [0.717, 1.165) is 38.0 Å². The van der Waals surface area contributed by atoms with E-state index in [1.165, 1.54) is 49.8 Å². The minimum absolute atomic E-state index is 0.0749. The van der Waals surface area contributed by atoms with Crippen LogP contribution in [0.2, 0.25) is 0 Å². The first-order valence-electron chi connectivity index (χ1n) is 10.4. The number of nitrogens with zero attached hydrogens (tertiary/aromatic N) is 2. The fraction of sp³-hybridized carbons (Fsp3) is 0.800. The van der Waals surface area contributed by atoms with E-state index < -0.39 is 5.60 Å². The Morgan fingerprint density at radius 3 is 2.88 bits per heavy atom. The standard InChI is InChI=1S/C20H32N4O2/c25-19-20(26,10-5-11-24(19)13-15-6-2-1-3-7-15)14-21-12-18-16-8-4-9-17(16)22-23-18/h15,21,26H,1-14H2,(H,22,23).